The van der Waals surface area contributed by atoms with Gasteiger partial charge in [-0.2, -0.15) is 5.10 Å². The van der Waals surface area contributed by atoms with Gasteiger partial charge in [0.25, 0.3) is 0 Å². The standard InChI is InChI=1S/C10H8ClN5S/c1-12-6-3-4-7(14-10(6)11)13-8-5-9(17-2)16-15-8/h3-5H,2H3,(H2,13,14,15,16). The summed E-state index contributed by atoms with van der Waals surface area (Å²) in [7, 11) is 0. The maximum absolute atomic E-state index is 6.86. The molecule has 0 aromatic carbocycles. The van der Waals surface area contributed by atoms with Gasteiger partial charge in [-0.3, -0.25) is 5.10 Å². The van der Waals surface area contributed by atoms with Gasteiger partial charge in [0.2, 0.25) is 5.69 Å². The highest BCUT2D eigenvalue weighted by atomic mass is 35.5. The minimum absolute atomic E-state index is 0.186. The zero-order valence-corrected chi connectivity index (χ0v) is 10.4. The van der Waals surface area contributed by atoms with Crippen LogP contribution in [0, 0.1) is 6.57 Å². The van der Waals surface area contributed by atoms with Crippen LogP contribution in [0.25, 0.3) is 4.85 Å². The molecule has 0 atom stereocenters. The van der Waals surface area contributed by atoms with Gasteiger partial charge in [0.15, 0.2) is 5.82 Å². The molecule has 2 rings (SSSR count). The van der Waals surface area contributed by atoms with E-state index in [1.807, 2.05) is 12.3 Å². The maximum Gasteiger partial charge on any atom is 0.223 e. The summed E-state index contributed by atoms with van der Waals surface area (Å²) in [5.41, 5.74) is 0.337. The van der Waals surface area contributed by atoms with Crippen LogP contribution < -0.4 is 5.32 Å². The third kappa shape index (κ3) is 2.70. The predicted octanol–water partition coefficient (Wildman–Crippen LogP) is 3.47. The molecule has 0 bridgehead atoms. The largest absolute Gasteiger partial charge is 0.323 e. The smallest absolute Gasteiger partial charge is 0.223 e. The van der Waals surface area contributed by atoms with E-state index >= 15 is 0 Å². The molecule has 0 aliphatic rings. The second-order valence-electron chi connectivity index (χ2n) is 3.06. The number of anilines is 2. The number of pyridine rings is 1. The summed E-state index contributed by atoms with van der Waals surface area (Å²) < 4.78 is 0. The number of thioether (sulfide) groups is 1. The monoisotopic (exact) mass is 265 g/mol. The quantitative estimate of drug-likeness (QED) is 0.507. The average molecular weight is 266 g/mol. The number of aromatic amines is 1. The highest BCUT2D eigenvalue weighted by molar-refractivity contribution is 7.98. The van der Waals surface area contributed by atoms with Gasteiger partial charge in [-0.05, 0) is 18.4 Å². The fourth-order valence-corrected chi connectivity index (χ4v) is 1.75. The fourth-order valence-electron chi connectivity index (χ4n) is 1.18. The van der Waals surface area contributed by atoms with E-state index in [4.69, 9.17) is 18.2 Å². The molecular formula is C10H8ClN5S. The van der Waals surface area contributed by atoms with Crippen LogP contribution >= 0.6 is 23.4 Å². The molecule has 0 unspecified atom stereocenters. The maximum atomic E-state index is 6.86. The average Bonchev–Trinajstić information content (AvgIpc) is 2.77. The van der Waals surface area contributed by atoms with E-state index in [0.29, 0.717) is 17.3 Å². The van der Waals surface area contributed by atoms with Crippen molar-refractivity contribution < 1.29 is 0 Å². The number of hydrogen-bond donors (Lipinski definition) is 2. The minimum Gasteiger partial charge on any atom is -0.323 e. The Bertz CT molecular complexity index is 574. The minimum atomic E-state index is 0.186. The SMILES string of the molecule is [C-]#[N+]c1ccc(Nc2cc(SC)[nH]n2)nc1Cl. The lowest BCUT2D eigenvalue weighted by molar-refractivity contribution is 1.01. The van der Waals surface area contributed by atoms with Gasteiger partial charge in [0, 0.05) is 6.07 Å². The van der Waals surface area contributed by atoms with E-state index in [-0.39, 0.29) is 5.15 Å². The molecule has 0 spiro atoms. The lowest BCUT2D eigenvalue weighted by Gasteiger charge is -2.02. The summed E-state index contributed by atoms with van der Waals surface area (Å²) >= 11 is 7.40. The van der Waals surface area contributed by atoms with Crippen molar-refractivity contribution in [1.29, 1.82) is 0 Å². The second kappa shape index (κ2) is 5.08. The molecular weight excluding hydrogens is 258 g/mol. The summed E-state index contributed by atoms with van der Waals surface area (Å²) in [5.74, 6) is 1.22. The highest BCUT2D eigenvalue weighted by Crippen LogP contribution is 2.25. The van der Waals surface area contributed by atoms with E-state index in [1.165, 1.54) is 0 Å². The van der Waals surface area contributed by atoms with Crippen LogP contribution in [0.2, 0.25) is 5.15 Å². The van der Waals surface area contributed by atoms with Crippen molar-refractivity contribution in [2.75, 3.05) is 11.6 Å². The van der Waals surface area contributed by atoms with Gasteiger partial charge in [0.05, 0.1) is 11.6 Å². The Labute approximate surface area is 107 Å². The van der Waals surface area contributed by atoms with Crippen molar-refractivity contribution >= 4 is 40.7 Å². The van der Waals surface area contributed by atoms with Crippen LogP contribution in [0.1, 0.15) is 0 Å². The summed E-state index contributed by atoms with van der Waals surface area (Å²) in [6.45, 7) is 6.86. The number of aromatic nitrogens is 3. The van der Waals surface area contributed by atoms with E-state index in [2.05, 4.69) is 25.3 Å². The first-order valence-corrected chi connectivity index (χ1v) is 6.23. The lowest BCUT2D eigenvalue weighted by Crippen LogP contribution is -1.93. The molecule has 7 heteroatoms. The van der Waals surface area contributed by atoms with Crippen LogP contribution in [0.3, 0.4) is 0 Å². The fraction of sp³-hybridized carbons (Fsp3) is 0.100. The van der Waals surface area contributed by atoms with E-state index in [1.54, 1.807) is 23.9 Å². The molecule has 0 radical (unpaired) electrons. The van der Waals surface area contributed by atoms with Crippen LogP contribution in [0.4, 0.5) is 17.3 Å². The number of nitrogens with zero attached hydrogens (tertiary/aromatic N) is 3. The Morgan fingerprint density at radius 3 is 2.88 bits per heavy atom. The Morgan fingerprint density at radius 1 is 1.47 bits per heavy atom. The van der Waals surface area contributed by atoms with Gasteiger partial charge >= 0.3 is 0 Å². The molecule has 2 aromatic rings. The summed E-state index contributed by atoms with van der Waals surface area (Å²) in [6, 6.07) is 5.17. The summed E-state index contributed by atoms with van der Waals surface area (Å²) in [5, 5.41) is 11.0. The molecule has 0 aliphatic carbocycles. The molecule has 0 fully saturated rings. The molecule has 86 valence electrons. The molecule has 17 heavy (non-hydrogen) atoms. The molecule has 2 heterocycles. The molecule has 0 amide bonds. The first kappa shape index (κ1) is 11.8. The van der Waals surface area contributed by atoms with Crippen LogP contribution in [-0.2, 0) is 0 Å². The molecule has 0 saturated heterocycles. The van der Waals surface area contributed by atoms with Crippen LogP contribution in [-0.4, -0.2) is 21.4 Å². The number of hydrogen-bond acceptors (Lipinski definition) is 4. The van der Waals surface area contributed by atoms with Crippen molar-refractivity contribution in [2.24, 2.45) is 0 Å². The molecule has 5 nitrogen and oxygen atoms in total. The molecule has 2 aromatic heterocycles. The number of H-pyrrole nitrogens is 1. The van der Waals surface area contributed by atoms with Crippen LogP contribution in [0.5, 0.6) is 0 Å². The Kier molecular flexibility index (Phi) is 3.52. The van der Waals surface area contributed by atoms with E-state index in [0.717, 1.165) is 5.03 Å². The summed E-state index contributed by atoms with van der Waals surface area (Å²) in [4.78, 5) is 7.29. The molecule has 0 aliphatic heterocycles. The highest BCUT2D eigenvalue weighted by Gasteiger charge is 2.05. The van der Waals surface area contributed by atoms with Gasteiger partial charge < -0.3 is 5.32 Å². The van der Waals surface area contributed by atoms with Crippen molar-refractivity contribution in [3.63, 3.8) is 0 Å². The molecule has 0 saturated carbocycles. The van der Waals surface area contributed by atoms with E-state index < -0.39 is 0 Å². The predicted molar refractivity (Wildman–Crippen MR) is 69.2 cm³/mol. The first-order valence-electron chi connectivity index (χ1n) is 4.63. The third-order valence-electron chi connectivity index (χ3n) is 1.98. The van der Waals surface area contributed by atoms with E-state index in [9.17, 15) is 0 Å². The van der Waals surface area contributed by atoms with Crippen molar-refractivity contribution in [3.05, 3.63) is 34.8 Å². The third-order valence-corrected chi connectivity index (χ3v) is 2.91. The van der Waals surface area contributed by atoms with Gasteiger partial charge in [-0.1, -0.05) is 11.6 Å². The Morgan fingerprint density at radius 2 is 2.29 bits per heavy atom. The van der Waals surface area contributed by atoms with Gasteiger partial charge in [-0.15, -0.1) is 11.8 Å². The van der Waals surface area contributed by atoms with Crippen LogP contribution in [0.15, 0.2) is 23.2 Å². The number of halogens is 1. The zero-order chi connectivity index (χ0) is 12.3. The Balaban J connectivity index is 2.19. The van der Waals surface area contributed by atoms with Crippen molar-refractivity contribution in [2.45, 2.75) is 5.03 Å². The number of nitrogens with one attached hydrogen (secondary N) is 2. The first-order chi connectivity index (χ1) is 8.22. The normalized spacial score (nSPS) is 9.94. The van der Waals surface area contributed by atoms with Crippen molar-refractivity contribution in [1.82, 2.24) is 15.2 Å². The van der Waals surface area contributed by atoms with Gasteiger partial charge in [-0.25, -0.2) is 9.83 Å². The topological polar surface area (TPSA) is 58.0 Å². The Hall–Kier alpha value is -1.71. The lowest BCUT2D eigenvalue weighted by atomic mass is 10.4. The second-order valence-corrected chi connectivity index (χ2v) is 4.27. The summed E-state index contributed by atoms with van der Waals surface area (Å²) in [6.07, 6.45) is 1.96. The zero-order valence-electron chi connectivity index (χ0n) is 8.86. The number of rotatable bonds is 3. The van der Waals surface area contributed by atoms with Gasteiger partial charge in [0.1, 0.15) is 11.0 Å². The molecule has 2 N–H and O–H groups in total. The van der Waals surface area contributed by atoms with Crippen molar-refractivity contribution in [3.8, 4) is 0 Å².